The summed E-state index contributed by atoms with van der Waals surface area (Å²) in [5.41, 5.74) is -0.482. The maximum Gasteiger partial charge on any atom is 0.277 e. The molecular weight excluding hydrogens is 332 g/mol. The number of nitrogens with two attached hydrogens (primary N) is 1. The fraction of sp³-hybridized carbons (Fsp3) is 0.917. The van der Waals surface area contributed by atoms with E-state index in [2.05, 4.69) is 5.32 Å². The lowest BCUT2D eigenvalue weighted by atomic mass is 9.78. The Labute approximate surface area is 137 Å². The third kappa shape index (κ3) is 4.30. The molecule has 0 spiro atoms. The summed E-state index contributed by atoms with van der Waals surface area (Å²) in [6, 6.07) is 0. The first-order chi connectivity index (χ1) is 9.89. The lowest BCUT2D eigenvalue weighted by Crippen LogP contribution is -2.57. The van der Waals surface area contributed by atoms with Gasteiger partial charge in [-0.2, -0.15) is 12.7 Å². The Morgan fingerprint density at radius 3 is 2.23 bits per heavy atom. The Balaban J connectivity index is 0.00000242. The van der Waals surface area contributed by atoms with E-state index >= 15 is 0 Å². The first-order valence-electron chi connectivity index (χ1n) is 7.16. The van der Waals surface area contributed by atoms with Gasteiger partial charge in [0.05, 0.1) is 12.0 Å². The van der Waals surface area contributed by atoms with Gasteiger partial charge in [0.25, 0.3) is 10.2 Å². The van der Waals surface area contributed by atoms with Gasteiger partial charge in [0, 0.05) is 33.3 Å². The highest BCUT2D eigenvalue weighted by Gasteiger charge is 2.43. The van der Waals surface area contributed by atoms with Gasteiger partial charge in [0.1, 0.15) is 0 Å². The summed E-state index contributed by atoms with van der Waals surface area (Å²) < 4.78 is 29.1. The van der Waals surface area contributed by atoms with Crippen LogP contribution in [0.25, 0.3) is 0 Å². The molecule has 0 bridgehead atoms. The van der Waals surface area contributed by atoms with Gasteiger partial charge in [-0.05, 0) is 25.9 Å². The van der Waals surface area contributed by atoms with E-state index in [1.54, 1.807) is 12.0 Å². The molecule has 10 heteroatoms. The Morgan fingerprint density at radius 2 is 1.77 bits per heavy atom. The number of carbonyl (C=O) groups excluding carboxylic acids is 1. The van der Waals surface area contributed by atoms with Crippen LogP contribution in [0.15, 0.2) is 0 Å². The minimum atomic E-state index is -3.66. The van der Waals surface area contributed by atoms with Crippen molar-refractivity contribution < 1.29 is 17.9 Å². The minimum Gasteiger partial charge on any atom is -0.384 e. The number of halogens is 1. The molecule has 8 nitrogen and oxygen atoms in total. The average Bonchev–Trinajstić information content (AvgIpc) is 2.47. The van der Waals surface area contributed by atoms with Crippen LogP contribution in [0.1, 0.15) is 12.8 Å². The second-order valence-electron chi connectivity index (χ2n) is 5.70. The van der Waals surface area contributed by atoms with Crippen LogP contribution in [0.2, 0.25) is 0 Å². The average molecular weight is 357 g/mol. The highest BCUT2D eigenvalue weighted by atomic mass is 35.5. The zero-order chi connectivity index (χ0) is 15.5. The van der Waals surface area contributed by atoms with E-state index in [1.807, 2.05) is 0 Å². The maximum absolute atomic E-state index is 12.8. The van der Waals surface area contributed by atoms with Crippen LogP contribution in [0.3, 0.4) is 0 Å². The van der Waals surface area contributed by atoms with Crippen molar-refractivity contribution in [3.63, 3.8) is 0 Å². The van der Waals surface area contributed by atoms with Crippen LogP contribution < -0.4 is 10.5 Å². The number of piperidine rings is 1. The van der Waals surface area contributed by atoms with Gasteiger partial charge in [-0.3, -0.25) is 4.79 Å². The SMILES string of the molecule is COCC1(C(=O)N2CCN(S(N)(=O)=O)CC2)CCNCC1.Cl. The summed E-state index contributed by atoms with van der Waals surface area (Å²) in [6.45, 7) is 3.28. The van der Waals surface area contributed by atoms with Gasteiger partial charge in [-0.25, -0.2) is 5.14 Å². The normalized spacial score (nSPS) is 22.9. The van der Waals surface area contributed by atoms with E-state index in [9.17, 15) is 13.2 Å². The van der Waals surface area contributed by atoms with E-state index in [4.69, 9.17) is 9.88 Å². The molecule has 0 aromatic carbocycles. The molecule has 0 aliphatic carbocycles. The number of amides is 1. The van der Waals surface area contributed by atoms with Crippen molar-refractivity contribution in [2.75, 3.05) is 53.0 Å². The summed E-state index contributed by atoms with van der Waals surface area (Å²) in [5, 5.41) is 8.37. The number of nitrogens with zero attached hydrogens (tertiary/aromatic N) is 2. The second kappa shape index (κ2) is 7.89. The third-order valence-electron chi connectivity index (χ3n) is 4.32. The van der Waals surface area contributed by atoms with Gasteiger partial charge in [0.15, 0.2) is 0 Å². The van der Waals surface area contributed by atoms with Crippen LogP contribution in [0.4, 0.5) is 0 Å². The van der Waals surface area contributed by atoms with E-state index in [0.29, 0.717) is 19.7 Å². The molecule has 0 unspecified atom stereocenters. The van der Waals surface area contributed by atoms with E-state index in [1.165, 1.54) is 4.31 Å². The zero-order valence-corrected chi connectivity index (χ0v) is 14.4. The zero-order valence-electron chi connectivity index (χ0n) is 12.8. The van der Waals surface area contributed by atoms with Gasteiger partial charge < -0.3 is 15.0 Å². The fourth-order valence-corrected chi connectivity index (χ4v) is 3.75. The summed E-state index contributed by atoms with van der Waals surface area (Å²) in [6.07, 6.45) is 1.49. The standard InChI is InChI=1S/C12H24N4O4S.ClH/c1-20-10-12(2-4-14-5-3-12)11(17)15-6-8-16(9-7-15)21(13,18)19;/h14H,2-10H2,1H3,(H2,13,18,19);1H. The highest BCUT2D eigenvalue weighted by Crippen LogP contribution is 2.32. The van der Waals surface area contributed by atoms with Crippen molar-refractivity contribution in [1.29, 1.82) is 0 Å². The molecule has 1 amide bonds. The number of nitrogens with one attached hydrogen (secondary N) is 1. The van der Waals surface area contributed by atoms with Gasteiger partial charge in [-0.1, -0.05) is 0 Å². The molecule has 22 heavy (non-hydrogen) atoms. The van der Waals surface area contributed by atoms with Crippen molar-refractivity contribution in [3.05, 3.63) is 0 Å². The van der Waals surface area contributed by atoms with E-state index in [0.717, 1.165) is 25.9 Å². The quantitative estimate of drug-likeness (QED) is 0.656. The molecule has 0 atom stereocenters. The molecule has 2 aliphatic heterocycles. The van der Waals surface area contributed by atoms with Crippen molar-refractivity contribution in [3.8, 4) is 0 Å². The number of ether oxygens (including phenoxy) is 1. The van der Waals surface area contributed by atoms with Gasteiger partial charge in [-0.15, -0.1) is 12.4 Å². The first kappa shape index (κ1) is 19.6. The van der Waals surface area contributed by atoms with Crippen molar-refractivity contribution in [2.24, 2.45) is 10.6 Å². The molecule has 2 fully saturated rings. The van der Waals surface area contributed by atoms with Crippen molar-refractivity contribution in [1.82, 2.24) is 14.5 Å². The van der Waals surface area contributed by atoms with Crippen LogP contribution in [0.5, 0.6) is 0 Å². The Kier molecular flexibility index (Phi) is 7.03. The molecule has 2 rings (SSSR count). The van der Waals surface area contributed by atoms with Gasteiger partial charge >= 0.3 is 0 Å². The van der Waals surface area contributed by atoms with Crippen LogP contribution in [-0.2, 0) is 19.7 Å². The number of hydrogen-bond acceptors (Lipinski definition) is 5. The van der Waals surface area contributed by atoms with Crippen LogP contribution in [-0.4, -0.2) is 76.5 Å². The summed E-state index contributed by atoms with van der Waals surface area (Å²) in [7, 11) is -2.06. The molecular formula is C12H25ClN4O4S. The lowest BCUT2D eigenvalue weighted by Gasteiger charge is -2.42. The fourth-order valence-electron chi connectivity index (χ4n) is 3.08. The number of rotatable bonds is 4. The monoisotopic (exact) mass is 356 g/mol. The highest BCUT2D eigenvalue weighted by molar-refractivity contribution is 7.86. The van der Waals surface area contributed by atoms with Crippen LogP contribution in [0, 0.1) is 5.41 Å². The molecule has 2 aliphatic rings. The van der Waals surface area contributed by atoms with Crippen LogP contribution >= 0.6 is 12.4 Å². The minimum absolute atomic E-state index is 0. The number of methoxy groups -OCH3 is 1. The summed E-state index contributed by atoms with van der Waals surface area (Å²) in [4.78, 5) is 14.6. The lowest BCUT2D eigenvalue weighted by molar-refractivity contribution is -0.148. The van der Waals surface area contributed by atoms with E-state index in [-0.39, 0.29) is 31.4 Å². The molecule has 2 saturated heterocycles. The molecule has 0 aromatic rings. The Morgan fingerprint density at radius 1 is 1.23 bits per heavy atom. The predicted octanol–water partition coefficient (Wildman–Crippen LogP) is -1.23. The third-order valence-corrected chi connectivity index (χ3v) is 5.41. The van der Waals surface area contributed by atoms with E-state index < -0.39 is 15.6 Å². The molecule has 3 N–H and O–H groups in total. The smallest absolute Gasteiger partial charge is 0.277 e. The first-order valence-corrected chi connectivity index (χ1v) is 8.66. The molecule has 0 saturated carbocycles. The number of piperazine rings is 1. The van der Waals surface area contributed by atoms with Gasteiger partial charge in [0.2, 0.25) is 5.91 Å². The van der Waals surface area contributed by atoms with Crippen molar-refractivity contribution >= 4 is 28.5 Å². The maximum atomic E-state index is 12.8. The molecule has 130 valence electrons. The predicted molar refractivity (Wildman–Crippen MR) is 84.9 cm³/mol. The Bertz CT molecular complexity index is 468. The largest absolute Gasteiger partial charge is 0.384 e. The topological polar surface area (TPSA) is 105 Å². The molecule has 0 radical (unpaired) electrons. The molecule has 0 aromatic heterocycles. The van der Waals surface area contributed by atoms with Crippen molar-refractivity contribution in [2.45, 2.75) is 12.8 Å². The summed E-state index contributed by atoms with van der Waals surface area (Å²) in [5.74, 6) is 0.0694. The summed E-state index contributed by atoms with van der Waals surface area (Å²) >= 11 is 0. The number of carbonyl (C=O) groups is 1. The second-order valence-corrected chi connectivity index (χ2v) is 7.25. The number of hydrogen-bond donors (Lipinski definition) is 2. The molecule has 2 heterocycles. The Hall–Kier alpha value is -0.450.